The van der Waals surface area contributed by atoms with Crippen LogP contribution in [0.1, 0.15) is 0 Å². The molecule has 0 aliphatic rings. The minimum absolute atomic E-state index is 0.0850. The summed E-state index contributed by atoms with van der Waals surface area (Å²) in [6.45, 7) is 0. The van der Waals surface area contributed by atoms with Crippen LogP contribution in [0.25, 0.3) is 32.8 Å². The Morgan fingerprint density at radius 1 is 0.958 bits per heavy atom. The number of hydrogen-bond acceptors (Lipinski definition) is 4. The fourth-order valence-electron chi connectivity index (χ4n) is 2.42. The number of thiazole rings is 1. The van der Waals surface area contributed by atoms with E-state index in [4.69, 9.17) is 33.0 Å². The Labute approximate surface area is 151 Å². The molecule has 0 saturated carbocycles. The zero-order valence-electron chi connectivity index (χ0n) is 12.2. The molecule has 0 fully saturated rings. The van der Waals surface area contributed by atoms with Crippen molar-refractivity contribution in [3.8, 4) is 21.8 Å². The third-order valence-corrected chi connectivity index (χ3v) is 4.97. The van der Waals surface area contributed by atoms with Crippen LogP contribution in [0.3, 0.4) is 0 Å². The minimum atomic E-state index is 0.0850. The molecule has 2 heterocycles. The van der Waals surface area contributed by atoms with Gasteiger partial charge in [-0.15, -0.1) is 11.3 Å². The molecule has 4 aromatic rings. The smallest absolute Gasteiger partial charge is 0.222 e. The maximum atomic E-state index is 8.14. The first-order valence-corrected chi connectivity index (χ1v) is 8.73. The molecule has 3 nitrogen and oxygen atoms in total. The molecular weight excluding hydrogens is 363 g/mol. The highest BCUT2D eigenvalue weighted by Crippen LogP contribution is 2.30. The first-order chi connectivity index (χ1) is 11.6. The summed E-state index contributed by atoms with van der Waals surface area (Å²) >= 11 is 13.4. The summed E-state index contributed by atoms with van der Waals surface area (Å²) in [4.78, 5) is 4.63. The normalized spacial score (nSPS) is 11.1. The first-order valence-electron chi connectivity index (χ1n) is 7.10. The lowest BCUT2D eigenvalue weighted by molar-refractivity contribution is 0.536. The Balaban J connectivity index is 1.81. The summed E-state index contributed by atoms with van der Waals surface area (Å²) in [5.41, 5.74) is 3.19. The molecule has 6 heteroatoms. The largest absolute Gasteiger partial charge is 0.438 e. The third-order valence-electron chi connectivity index (χ3n) is 3.60. The van der Waals surface area contributed by atoms with Gasteiger partial charge >= 0.3 is 0 Å². The highest BCUT2D eigenvalue weighted by atomic mass is 35.5. The predicted octanol–water partition coefficient (Wildman–Crippen LogP) is 6.01. The van der Waals surface area contributed by atoms with Crippen molar-refractivity contribution < 1.29 is 4.42 Å². The van der Waals surface area contributed by atoms with Gasteiger partial charge in [0.25, 0.3) is 0 Å². The number of rotatable bonds is 2. The van der Waals surface area contributed by atoms with E-state index >= 15 is 0 Å². The van der Waals surface area contributed by atoms with Crippen molar-refractivity contribution in [1.29, 1.82) is 5.41 Å². The van der Waals surface area contributed by atoms with Crippen LogP contribution in [0.5, 0.6) is 0 Å². The molecule has 0 saturated heterocycles. The molecule has 0 radical (unpaired) electrons. The average molecular weight is 373 g/mol. The number of nitrogens with one attached hydrogen (secondary N) is 1. The summed E-state index contributed by atoms with van der Waals surface area (Å²) in [6.07, 6.45) is 0. The van der Waals surface area contributed by atoms with Gasteiger partial charge in [0.2, 0.25) is 5.55 Å². The maximum Gasteiger partial charge on any atom is 0.222 e. The quantitative estimate of drug-likeness (QED) is 0.468. The zero-order valence-corrected chi connectivity index (χ0v) is 14.5. The van der Waals surface area contributed by atoms with Gasteiger partial charge in [0.05, 0.1) is 11.3 Å². The van der Waals surface area contributed by atoms with Gasteiger partial charge in [0.1, 0.15) is 10.6 Å². The summed E-state index contributed by atoms with van der Waals surface area (Å²) in [5.74, 6) is 0. The van der Waals surface area contributed by atoms with Crippen molar-refractivity contribution in [2.75, 3.05) is 0 Å². The van der Waals surface area contributed by atoms with Gasteiger partial charge in [0, 0.05) is 26.4 Å². The SMILES string of the molecule is N=c1oc2ccc(Cl)cc2cc1-c1nc(-c2ccc(Cl)cc2)cs1. The Bertz CT molecular complexity index is 1100. The second-order valence-electron chi connectivity index (χ2n) is 5.22. The van der Waals surface area contributed by atoms with E-state index < -0.39 is 0 Å². The van der Waals surface area contributed by atoms with Gasteiger partial charge < -0.3 is 4.42 Å². The summed E-state index contributed by atoms with van der Waals surface area (Å²) in [7, 11) is 0. The van der Waals surface area contributed by atoms with Gasteiger partial charge in [-0.2, -0.15) is 0 Å². The van der Waals surface area contributed by atoms with E-state index in [2.05, 4.69) is 4.98 Å². The molecule has 0 unspecified atom stereocenters. The van der Waals surface area contributed by atoms with Crippen LogP contribution in [0.4, 0.5) is 0 Å². The van der Waals surface area contributed by atoms with E-state index in [1.54, 1.807) is 12.1 Å². The van der Waals surface area contributed by atoms with E-state index in [1.807, 2.05) is 41.8 Å². The molecule has 0 aliphatic carbocycles. The third kappa shape index (κ3) is 2.84. The Hall–Kier alpha value is -2.14. The number of halogens is 2. The van der Waals surface area contributed by atoms with Crippen molar-refractivity contribution in [3.63, 3.8) is 0 Å². The van der Waals surface area contributed by atoms with Crippen molar-refractivity contribution in [2.45, 2.75) is 0 Å². The lowest BCUT2D eigenvalue weighted by Crippen LogP contribution is -2.02. The lowest BCUT2D eigenvalue weighted by atomic mass is 10.1. The van der Waals surface area contributed by atoms with E-state index in [0.717, 1.165) is 21.7 Å². The number of aromatic nitrogens is 1. The molecule has 1 N–H and O–H groups in total. The van der Waals surface area contributed by atoms with Crippen LogP contribution in [-0.2, 0) is 0 Å². The second-order valence-corrected chi connectivity index (χ2v) is 6.95. The van der Waals surface area contributed by atoms with Crippen molar-refractivity contribution >= 4 is 45.5 Å². The maximum absolute atomic E-state index is 8.14. The van der Waals surface area contributed by atoms with Gasteiger partial charge in [-0.3, -0.25) is 5.41 Å². The van der Waals surface area contributed by atoms with Crippen molar-refractivity contribution in [3.05, 3.63) is 69.5 Å². The molecule has 0 amide bonds. The van der Waals surface area contributed by atoms with E-state index in [-0.39, 0.29) is 5.55 Å². The van der Waals surface area contributed by atoms with Crippen LogP contribution >= 0.6 is 34.5 Å². The molecule has 118 valence electrons. The summed E-state index contributed by atoms with van der Waals surface area (Å²) in [5, 5.41) is 13.0. The molecule has 2 aromatic heterocycles. The van der Waals surface area contributed by atoms with Crippen LogP contribution in [0.2, 0.25) is 10.0 Å². The fraction of sp³-hybridized carbons (Fsp3) is 0. The molecule has 0 spiro atoms. The van der Waals surface area contributed by atoms with Gasteiger partial charge in [-0.25, -0.2) is 4.98 Å². The first kappa shape index (κ1) is 15.4. The highest BCUT2D eigenvalue weighted by molar-refractivity contribution is 7.13. The standard InChI is InChI=1S/C18H10Cl2N2OS/c19-12-3-1-10(2-4-12)15-9-24-18(22-15)14-8-11-7-13(20)5-6-16(11)23-17(14)21/h1-9,21H. The van der Waals surface area contributed by atoms with Gasteiger partial charge in [-0.05, 0) is 36.4 Å². The molecule has 0 atom stereocenters. The van der Waals surface area contributed by atoms with Crippen molar-refractivity contribution in [2.24, 2.45) is 0 Å². The Morgan fingerprint density at radius 2 is 1.71 bits per heavy atom. The van der Waals surface area contributed by atoms with Gasteiger partial charge in [-0.1, -0.05) is 35.3 Å². The number of fused-ring (bicyclic) bond motifs is 1. The predicted molar refractivity (Wildman–Crippen MR) is 98.6 cm³/mol. The molecule has 24 heavy (non-hydrogen) atoms. The molecule has 0 aliphatic heterocycles. The number of benzene rings is 2. The van der Waals surface area contributed by atoms with Crippen LogP contribution < -0.4 is 5.55 Å². The average Bonchev–Trinajstić information content (AvgIpc) is 3.05. The molecular formula is C18H10Cl2N2OS. The Kier molecular flexibility index (Phi) is 3.88. The molecule has 2 aromatic carbocycles. The molecule has 0 bridgehead atoms. The summed E-state index contributed by atoms with van der Waals surface area (Å²) in [6, 6.07) is 14.7. The number of nitrogens with zero attached hydrogens (tertiary/aromatic N) is 1. The van der Waals surface area contributed by atoms with E-state index in [0.29, 0.717) is 21.2 Å². The van der Waals surface area contributed by atoms with Crippen LogP contribution in [0, 0.1) is 5.41 Å². The van der Waals surface area contributed by atoms with Crippen LogP contribution in [-0.4, -0.2) is 4.98 Å². The monoisotopic (exact) mass is 372 g/mol. The lowest BCUT2D eigenvalue weighted by Gasteiger charge is -2.01. The van der Waals surface area contributed by atoms with E-state index in [1.165, 1.54) is 11.3 Å². The minimum Gasteiger partial charge on any atom is -0.438 e. The van der Waals surface area contributed by atoms with Crippen LogP contribution in [0.15, 0.2) is 58.3 Å². The number of hydrogen-bond donors (Lipinski definition) is 1. The topological polar surface area (TPSA) is 49.9 Å². The second kappa shape index (κ2) is 6.06. The fourth-order valence-corrected chi connectivity index (χ4v) is 3.57. The zero-order chi connectivity index (χ0) is 16.7. The van der Waals surface area contributed by atoms with Gasteiger partial charge in [0.15, 0.2) is 0 Å². The summed E-state index contributed by atoms with van der Waals surface area (Å²) < 4.78 is 5.59. The van der Waals surface area contributed by atoms with E-state index in [9.17, 15) is 0 Å². The Morgan fingerprint density at radius 3 is 2.50 bits per heavy atom. The molecule has 4 rings (SSSR count). The van der Waals surface area contributed by atoms with Crippen molar-refractivity contribution in [1.82, 2.24) is 4.98 Å². The highest BCUT2D eigenvalue weighted by Gasteiger charge is 2.11.